The lowest BCUT2D eigenvalue weighted by atomic mass is 10.1. The highest BCUT2D eigenvalue weighted by atomic mass is 16.2. The van der Waals surface area contributed by atoms with Gasteiger partial charge in [-0.25, -0.2) is 0 Å². The molecule has 1 fully saturated rings. The summed E-state index contributed by atoms with van der Waals surface area (Å²) in [5.74, 6) is 0.220. The van der Waals surface area contributed by atoms with E-state index in [2.05, 4.69) is 11.9 Å². The molecular weight excluding hydrogens is 176 g/mol. The maximum Gasteiger partial charge on any atom is 0.240 e. The molecule has 0 radical (unpaired) electrons. The summed E-state index contributed by atoms with van der Waals surface area (Å²) in [5, 5.41) is 3.22. The zero-order valence-electron chi connectivity index (χ0n) is 9.12. The molecule has 1 unspecified atom stereocenters. The third kappa shape index (κ3) is 2.58. The number of rotatable bonds is 4. The Hall–Kier alpha value is -0.830. The molecule has 80 valence electrons. The number of nitrogens with zero attached hydrogens (tertiary/aromatic N) is 1. The number of hydrogen-bond acceptors (Lipinski definition) is 2. The lowest BCUT2D eigenvalue weighted by Crippen LogP contribution is -2.46. The van der Waals surface area contributed by atoms with Gasteiger partial charge in [-0.1, -0.05) is 6.08 Å². The first-order valence-electron chi connectivity index (χ1n) is 5.31. The second-order valence-electron chi connectivity index (χ2n) is 4.02. The summed E-state index contributed by atoms with van der Waals surface area (Å²) >= 11 is 0. The van der Waals surface area contributed by atoms with Crippen molar-refractivity contribution < 1.29 is 4.79 Å². The summed E-state index contributed by atoms with van der Waals surface area (Å²) in [5.41, 5.74) is 0. The van der Waals surface area contributed by atoms with Crippen molar-refractivity contribution in [3.8, 4) is 0 Å². The fourth-order valence-electron chi connectivity index (χ4n) is 1.79. The van der Waals surface area contributed by atoms with Crippen LogP contribution in [0, 0.1) is 0 Å². The van der Waals surface area contributed by atoms with Gasteiger partial charge in [0.2, 0.25) is 5.91 Å². The molecule has 1 heterocycles. The highest BCUT2D eigenvalue weighted by Gasteiger charge is 2.27. The van der Waals surface area contributed by atoms with Crippen molar-refractivity contribution in [1.29, 1.82) is 0 Å². The summed E-state index contributed by atoms with van der Waals surface area (Å²) < 4.78 is 0. The van der Waals surface area contributed by atoms with Gasteiger partial charge in [0.05, 0.1) is 6.04 Å². The summed E-state index contributed by atoms with van der Waals surface area (Å²) in [7, 11) is 0. The van der Waals surface area contributed by atoms with E-state index in [0.29, 0.717) is 6.54 Å². The summed E-state index contributed by atoms with van der Waals surface area (Å²) in [6.07, 6.45) is 3.86. The average Bonchev–Trinajstić information content (AvgIpc) is 2.65. The largest absolute Gasteiger partial charge is 0.335 e. The van der Waals surface area contributed by atoms with Gasteiger partial charge in [-0.3, -0.25) is 4.79 Å². The summed E-state index contributed by atoms with van der Waals surface area (Å²) in [4.78, 5) is 13.9. The molecule has 0 aliphatic carbocycles. The van der Waals surface area contributed by atoms with Crippen LogP contribution in [0.3, 0.4) is 0 Å². The van der Waals surface area contributed by atoms with Crippen molar-refractivity contribution in [1.82, 2.24) is 10.2 Å². The van der Waals surface area contributed by atoms with E-state index in [1.54, 1.807) is 6.08 Å². The van der Waals surface area contributed by atoms with E-state index in [0.717, 1.165) is 19.4 Å². The Kier molecular flexibility index (Phi) is 4.14. The Morgan fingerprint density at radius 1 is 1.71 bits per heavy atom. The van der Waals surface area contributed by atoms with Gasteiger partial charge in [-0.15, -0.1) is 6.58 Å². The van der Waals surface area contributed by atoms with Crippen molar-refractivity contribution in [2.45, 2.75) is 38.8 Å². The van der Waals surface area contributed by atoms with Gasteiger partial charge in [0.25, 0.3) is 0 Å². The van der Waals surface area contributed by atoms with Crippen LogP contribution < -0.4 is 5.32 Å². The Balaban J connectivity index is 2.57. The molecule has 1 rings (SSSR count). The lowest BCUT2D eigenvalue weighted by molar-refractivity contribution is -0.134. The topological polar surface area (TPSA) is 32.3 Å². The van der Waals surface area contributed by atoms with Crippen molar-refractivity contribution >= 4 is 5.91 Å². The molecule has 0 spiro atoms. The van der Waals surface area contributed by atoms with Crippen molar-refractivity contribution in [3.63, 3.8) is 0 Å². The summed E-state index contributed by atoms with van der Waals surface area (Å²) in [6, 6.07) is 0.292. The van der Waals surface area contributed by atoms with Crippen molar-refractivity contribution in [3.05, 3.63) is 12.7 Å². The van der Waals surface area contributed by atoms with Gasteiger partial charge in [0, 0.05) is 12.6 Å². The molecule has 3 nitrogen and oxygen atoms in total. The van der Waals surface area contributed by atoms with Crippen molar-refractivity contribution in [2.75, 3.05) is 13.1 Å². The standard InChI is InChI=1S/C11H20N2O/c1-4-8-13(9(2)3)11(14)10-6-5-7-12-10/h4,9-10,12H,1,5-8H2,2-3H3. The molecule has 1 saturated heterocycles. The Morgan fingerprint density at radius 2 is 2.43 bits per heavy atom. The first-order chi connectivity index (χ1) is 6.66. The maximum absolute atomic E-state index is 12.0. The molecule has 0 aromatic rings. The molecule has 0 aromatic heterocycles. The number of carbonyl (C=O) groups is 1. The monoisotopic (exact) mass is 196 g/mol. The highest BCUT2D eigenvalue weighted by molar-refractivity contribution is 5.82. The van der Waals surface area contributed by atoms with E-state index >= 15 is 0 Å². The van der Waals surface area contributed by atoms with E-state index in [4.69, 9.17) is 0 Å². The third-order valence-electron chi connectivity index (χ3n) is 2.59. The predicted octanol–water partition coefficient (Wildman–Crippen LogP) is 1.16. The minimum absolute atomic E-state index is 0.0392. The minimum atomic E-state index is 0.0392. The highest BCUT2D eigenvalue weighted by Crippen LogP contribution is 2.10. The molecule has 3 heteroatoms. The first-order valence-corrected chi connectivity index (χ1v) is 5.31. The lowest BCUT2D eigenvalue weighted by Gasteiger charge is -2.28. The molecule has 1 amide bonds. The molecule has 14 heavy (non-hydrogen) atoms. The summed E-state index contributed by atoms with van der Waals surface area (Å²) in [6.45, 7) is 9.37. The van der Waals surface area contributed by atoms with Gasteiger partial charge in [-0.05, 0) is 33.2 Å². The molecule has 0 saturated carbocycles. The molecule has 0 aromatic carbocycles. The number of hydrogen-bond donors (Lipinski definition) is 1. The van der Waals surface area contributed by atoms with Crippen LogP contribution in [-0.2, 0) is 4.79 Å². The second-order valence-corrected chi connectivity index (χ2v) is 4.02. The van der Waals surface area contributed by atoms with E-state index in [1.165, 1.54) is 0 Å². The molecule has 1 N–H and O–H groups in total. The van der Waals surface area contributed by atoms with Crippen molar-refractivity contribution in [2.24, 2.45) is 0 Å². The van der Waals surface area contributed by atoms with Gasteiger partial charge in [0.15, 0.2) is 0 Å². The number of amides is 1. The normalized spacial score (nSPS) is 21.2. The van der Waals surface area contributed by atoms with Crippen LogP contribution >= 0.6 is 0 Å². The molecule has 1 atom stereocenters. The number of carbonyl (C=O) groups excluding carboxylic acids is 1. The smallest absolute Gasteiger partial charge is 0.240 e. The van der Waals surface area contributed by atoms with Crippen LogP contribution in [0.2, 0.25) is 0 Å². The quantitative estimate of drug-likeness (QED) is 0.684. The van der Waals surface area contributed by atoms with E-state index in [9.17, 15) is 4.79 Å². The van der Waals surface area contributed by atoms with E-state index in [-0.39, 0.29) is 18.0 Å². The van der Waals surface area contributed by atoms with Crippen LogP contribution in [0.15, 0.2) is 12.7 Å². The van der Waals surface area contributed by atoms with Crippen LogP contribution in [0.1, 0.15) is 26.7 Å². The Labute approximate surface area is 86.2 Å². The third-order valence-corrected chi connectivity index (χ3v) is 2.59. The Bertz CT molecular complexity index is 207. The van der Waals surface area contributed by atoms with Gasteiger partial charge in [0.1, 0.15) is 0 Å². The van der Waals surface area contributed by atoms with Gasteiger partial charge >= 0.3 is 0 Å². The van der Waals surface area contributed by atoms with E-state index in [1.807, 2.05) is 18.7 Å². The second kappa shape index (κ2) is 5.15. The predicted molar refractivity (Wildman–Crippen MR) is 58.1 cm³/mol. The fourth-order valence-corrected chi connectivity index (χ4v) is 1.79. The van der Waals surface area contributed by atoms with Crippen LogP contribution in [-0.4, -0.2) is 36.0 Å². The first kappa shape index (κ1) is 11.2. The number of nitrogens with one attached hydrogen (secondary N) is 1. The Morgan fingerprint density at radius 3 is 2.86 bits per heavy atom. The molecule has 1 aliphatic rings. The van der Waals surface area contributed by atoms with Crippen LogP contribution in [0.4, 0.5) is 0 Å². The van der Waals surface area contributed by atoms with E-state index < -0.39 is 0 Å². The van der Waals surface area contributed by atoms with Crippen LogP contribution in [0.5, 0.6) is 0 Å². The molecule has 1 aliphatic heterocycles. The maximum atomic E-state index is 12.0. The fraction of sp³-hybridized carbons (Fsp3) is 0.727. The van der Waals surface area contributed by atoms with Gasteiger partial charge < -0.3 is 10.2 Å². The molecular formula is C11H20N2O. The zero-order valence-corrected chi connectivity index (χ0v) is 9.12. The zero-order chi connectivity index (χ0) is 10.6. The van der Waals surface area contributed by atoms with Crippen LogP contribution in [0.25, 0.3) is 0 Å². The minimum Gasteiger partial charge on any atom is -0.335 e. The van der Waals surface area contributed by atoms with Gasteiger partial charge in [-0.2, -0.15) is 0 Å². The average molecular weight is 196 g/mol. The molecule has 0 bridgehead atoms. The SMILES string of the molecule is C=CCN(C(=O)C1CCCN1)C(C)C.